The molecule has 112 valence electrons. The highest BCUT2D eigenvalue weighted by molar-refractivity contribution is 5.80. The molecule has 2 unspecified atom stereocenters. The van der Waals surface area contributed by atoms with Gasteiger partial charge in [0.1, 0.15) is 0 Å². The first-order valence-corrected chi connectivity index (χ1v) is 7.37. The Labute approximate surface area is 123 Å². The standard InChI is InChI=1S/C17H28N2O/c1-12(2)11-15-7-9-16(10-8-15)13(3)18-14(4)17(20)19(5)6/h7-10,12-14,18H,11H2,1-6H3. The van der Waals surface area contributed by atoms with Crippen LogP contribution in [0.1, 0.15) is 44.9 Å². The Morgan fingerprint density at radius 3 is 2.10 bits per heavy atom. The fourth-order valence-corrected chi connectivity index (χ4v) is 2.34. The van der Waals surface area contributed by atoms with Crippen LogP contribution in [0, 0.1) is 5.92 Å². The Balaban J connectivity index is 2.63. The van der Waals surface area contributed by atoms with Gasteiger partial charge in [0.15, 0.2) is 0 Å². The molecule has 0 aliphatic carbocycles. The average molecular weight is 276 g/mol. The maximum Gasteiger partial charge on any atom is 0.238 e. The third-order valence-corrected chi connectivity index (χ3v) is 3.43. The normalized spacial score (nSPS) is 14.2. The molecule has 0 saturated carbocycles. The lowest BCUT2D eigenvalue weighted by Gasteiger charge is -2.22. The Hall–Kier alpha value is -1.35. The molecule has 1 rings (SSSR count). The van der Waals surface area contributed by atoms with E-state index >= 15 is 0 Å². The van der Waals surface area contributed by atoms with E-state index in [4.69, 9.17) is 0 Å². The molecule has 0 aliphatic rings. The molecule has 1 N–H and O–H groups in total. The van der Waals surface area contributed by atoms with Crippen molar-refractivity contribution in [3.63, 3.8) is 0 Å². The Morgan fingerprint density at radius 2 is 1.65 bits per heavy atom. The molecule has 0 aromatic heterocycles. The number of amides is 1. The van der Waals surface area contributed by atoms with E-state index in [1.807, 2.05) is 6.92 Å². The van der Waals surface area contributed by atoms with Crippen LogP contribution >= 0.6 is 0 Å². The van der Waals surface area contributed by atoms with Gasteiger partial charge >= 0.3 is 0 Å². The third kappa shape index (κ3) is 4.97. The molecule has 0 heterocycles. The maximum absolute atomic E-state index is 11.8. The molecule has 0 bridgehead atoms. The zero-order valence-corrected chi connectivity index (χ0v) is 13.6. The highest BCUT2D eigenvalue weighted by atomic mass is 16.2. The van der Waals surface area contributed by atoms with Crippen molar-refractivity contribution >= 4 is 5.91 Å². The lowest BCUT2D eigenvalue weighted by molar-refractivity contribution is -0.130. The summed E-state index contributed by atoms with van der Waals surface area (Å²) in [7, 11) is 3.57. The van der Waals surface area contributed by atoms with Crippen molar-refractivity contribution in [1.29, 1.82) is 0 Å². The van der Waals surface area contributed by atoms with E-state index in [2.05, 4.69) is 50.4 Å². The second-order valence-corrected chi connectivity index (χ2v) is 6.18. The predicted octanol–water partition coefficient (Wildman–Crippen LogP) is 3.01. The van der Waals surface area contributed by atoms with Gasteiger partial charge < -0.3 is 4.90 Å². The largest absolute Gasteiger partial charge is 0.347 e. The summed E-state index contributed by atoms with van der Waals surface area (Å²) in [6.45, 7) is 8.46. The summed E-state index contributed by atoms with van der Waals surface area (Å²) in [6.07, 6.45) is 1.11. The van der Waals surface area contributed by atoms with Gasteiger partial charge in [-0.1, -0.05) is 38.1 Å². The lowest BCUT2D eigenvalue weighted by atomic mass is 9.99. The van der Waals surface area contributed by atoms with E-state index in [9.17, 15) is 4.79 Å². The minimum absolute atomic E-state index is 0.105. The molecular weight excluding hydrogens is 248 g/mol. The molecule has 0 aliphatic heterocycles. The van der Waals surface area contributed by atoms with Crippen LogP contribution in [0.25, 0.3) is 0 Å². The lowest BCUT2D eigenvalue weighted by Crippen LogP contribution is -2.42. The number of carbonyl (C=O) groups excluding carboxylic acids is 1. The number of likely N-dealkylation sites (N-methyl/N-ethyl adjacent to an activating group) is 1. The molecule has 3 nitrogen and oxygen atoms in total. The van der Waals surface area contributed by atoms with Gasteiger partial charge in [0, 0.05) is 20.1 Å². The van der Waals surface area contributed by atoms with Crippen molar-refractivity contribution in [2.45, 2.75) is 46.2 Å². The number of carbonyl (C=O) groups is 1. The minimum atomic E-state index is -0.171. The molecule has 3 heteroatoms. The van der Waals surface area contributed by atoms with Gasteiger partial charge in [-0.15, -0.1) is 0 Å². The van der Waals surface area contributed by atoms with Crippen molar-refractivity contribution in [2.24, 2.45) is 5.92 Å². The first-order chi connectivity index (χ1) is 9.31. The quantitative estimate of drug-likeness (QED) is 0.866. The number of benzene rings is 1. The van der Waals surface area contributed by atoms with Gasteiger partial charge in [-0.2, -0.15) is 0 Å². The monoisotopic (exact) mass is 276 g/mol. The van der Waals surface area contributed by atoms with E-state index in [0.717, 1.165) is 6.42 Å². The van der Waals surface area contributed by atoms with Crippen LogP contribution in [-0.2, 0) is 11.2 Å². The first-order valence-electron chi connectivity index (χ1n) is 7.37. The van der Waals surface area contributed by atoms with E-state index in [1.165, 1.54) is 11.1 Å². The van der Waals surface area contributed by atoms with Gasteiger partial charge in [-0.3, -0.25) is 10.1 Å². The number of nitrogens with one attached hydrogen (secondary N) is 1. The molecule has 0 radical (unpaired) electrons. The molecule has 1 amide bonds. The average Bonchev–Trinajstić information content (AvgIpc) is 2.37. The zero-order chi connectivity index (χ0) is 15.3. The molecule has 20 heavy (non-hydrogen) atoms. The molecule has 0 saturated heterocycles. The van der Waals surface area contributed by atoms with E-state index in [-0.39, 0.29) is 18.0 Å². The Bertz CT molecular complexity index is 423. The Kier molecular flexibility index (Phi) is 6.21. The first kappa shape index (κ1) is 16.7. The van der Waals surface area contributed by atoms with Crippen LogP contribution in [-0.4, -0.2) is 30.9 Å². The number of rotatable bonds is 6. The fourth-order valence-electron chi connectivity index (χ4n) is 2.34. The van der Waals surface area contributed by atoms with Crippen LogP contribution in [0.3, 0.4) is 0 Å². The molecule has 1 aromatic rings. The minimum Gasteiger partial charge on any atom is -0.347 e. The second-order valence-electron chi connectivity index (χ2n) is 6.18. The van der Waals surface area contributed by atoms with E-state index < -0.39 is 0 Å². The summed E-state index contributed by atoms with van der Waals surface area (Å²) in [4.78, 5) is 13.5. The summed E-state index contributed by atoms with van der Waals surface area (Å²) in [5.41, 5.74) is 2.59. The second kappa shape index (κ2) is 7.44. The summed E-state index contributed by atoms with van der Waals surface area (Å²) < 4.78 is 0. The van der Waals surface area contributed by atoms with Crippen molar-refractivity contribution in [3.8, 4) is 0 Å². The molecule has 2 atom stereocenters. The predicted molar refractivity (Wildman–Crippen MR) is 84.7 cm³/mol. The third-order valence-electron chi connectivity index (χ3n) is 3.43. The van der Waals surface area contributed by atoms with Crippen molar-refractivity contribution in [2.75, 3.05) is 14.1 Å². The maximum atomic E-state index is 11.8. The molecule has 1 aromatic carbocycles. The highest BCUT2D eigenvalue weighted by Gasteiger charge is 2.17. The van der Waals surface area contributed by atoms with E-state index in [0.29, 0.717) is 5.92 Å². The van der Waals surface area contributed by atoms with Crippen LogP contribution in [0.15, 0.2) is 24.3 Å². The number of hydrogen-bond donors (Lipinski definition) is 1. The van der Waals surface area contributed by atoms with Gasteiger partial charge in [0.05, 0.1) is 6.04 Å². The molecule has 0 fully saturated rings. The summed E-state index contributed by atoms with van der Waals surface area (Å²) in [5.74, 6) is 0.780. The molecular formula is C17H28N2O. The van der Waals surface area contributed by atoms with Crippen LogP contribution in [0.2, 0.25) is 0 Å². The SMILES string of the molecule is CC(C)Cc1ccc(C(C)NC(C)C(=O)N(C)C)cc1. The van der Waals surface area contributed by atoms with Gasteiger partial charge in [-0.05, 0) is 37.3 Å². The molecule has 0 spiro atoms. The van der Waals surface area contributed by atoms with Crippen molar-refractivity contribution < 1.29 is 4.79 Å². The van der Waals surface area contributed by atoms with Gasteiger partial charge in [0.2, 0.25) is 5.91 Å². The fraction of sp³-hybridized carbons (Fsp3) is 0.588. The summed E-state index contributed by atoms with van der Waals surface area (Å²) >= 11 is 0. The van der Waals surface area contributed by atoms with Crippen LogP contribution < -0.4 is 5.32 Å². The van der Waals surface area contributed by atoms with Crippen LogP contribution in [0.4, 0.5) is 0 Å². The Morgan fingerprint density at radius 1 is 1.10 bits per heavy atom. The summed E-state index contributed by atoms with van der Waals surface area (Å²) in [5, 5.41) is 3.35. The van der Waals surface area contributed by atoms with Crippen molar-refractivity contribution in [1.82, 2.24) is 10.2 Å². The highest BCUT2D eigenvalue weighted by Crippen LogP contribution is 2.16. The van der Waals surface area contributed by atoms with Gasteiger partial charge in [0.25, 0.3) is 0 Å². The van der Waals surface area contributed by atoms with Gasteiger partial charge in [-0.25, -0.2) is 0 Å². The zero-order valence-electron chi connectivity index (χ0n) is 13.6. The number of hydrogen-bond acceptors (Lipinski definition) is 2. The smallest absolute Gasteiger partial charge is 0.238 e. The van der Waals surface area contributed by atoms with E-state index in [1.54, 1.807) is 19.0 Å². The number of nitrogens with zero attached hydrogens (tertiary/aromatic N) is 1. The topological polar surface area (TPSA) is 32.3 Å². The van der Waals surface area contributed by atoms with Crippen molar-refractivity contribution in [3.05, 3.63) is 35.4 Å². The summed E-state index contributed by atoms with van der Waals surface area (Å²) in [6, 6.07) is 8.68. The van der Waals surface area contributed by atoms with Crippen LogP contribution in [0.5, 0.6) is 0 Å².